The number of fused-ring (bicyclic) bond motifs is 2. The standard InChI is InChI=1S/C19H17ClN4OS/c1-2-11-26-19-22-18(25)16-13-8-4-6-10-15(13)21-17(24(16)23-19)12-7-3-5-9-14(12)20/h3-10,17H,2,11H2,1H3,(H,22,23,25)/t17-/m0/s1. The van der Waals surface area contributed by atoms with E-state index in [1.165, 1.54) is 11.8 Å². The highest BCUT2D eigenvalue weighted by Gasteiger charge is 2.34. The minimum atomic E-state index is -0.475. The molecular weight excluding hydrogens is 368 g/mol. The third-order valence-electron chi connectivity index (χ3n) is 4.14. The van der Waals surface area contributed by atoms with Crippen LogP contribution in [0.5, 0.6) is 0 Å². The molecule has 1 atom stereocenters. The lowest BCUT2D eigenvalue weighted by Crippen LogP contribution is -2.50. The predicted octanol–water partition coefficient (Wildman–Crippen LogP) is 2.63. The maximum absolute atomic E-state index is 12.9. The largest absolute Gasteiger partial charge is 0.298 e. The summed E-state index contributed by atoms with van der Waals surface area (Å²) in [5.41, 5.74) is 1.32. The van der Waals surface area contributed by atoms with Crippen molar-refractivity contribution in [2.45, 2.75) is 19.5 Å². The summed E-state index contributed by atoms with van der Waals surface area (Å²) >= 11 is 7.95. The van der Waals surface area contributed by atoms with Crippen LogP contribution in [-0.2, 0) is 4.79 Å². The van der Waals surface area contributed by atoms with Gasteiger partial charge in [0.1, 0.15) is 5.70 Å². The molecule has 0 spiro atoms. The van der Waals surface area contributed by atoms with Crippen LogP contribution in [-0.4, -0.2) is 21.8 Å². The molecule has 0 aromatic heterocycles. The number of hydrogen-bond acceptors (Lipinski definition) is 5. The zero-order valence-electron chi connectivity index (χ0n) is 14.1. The van der Waals surface area contributed by atoms with E-state index >= 15 is 0 Å². The monoisotopic (exact) mass is 384 g/mol. The van der Waals surface area contributed by atoms with Gasteiger partial charge in [-0.05, 0) is 18.6 Å². The Labute approximate surface area is 160 Å². The summed E-state index contributed by atoms with van der Waals surface area (Å²) in [4.78, 5) is 17.7. The Kier molecular flexibility index (Phi) is 4.70. The van der Waals surface area contributed by atoms with E-state index in [0.29, 0.717) is 15.9 Å². The minimum absolute atomic E-state index is 0.169. The van der Waals surface area contributed by atoms with Crippen LogP contribution in [0.4, 0.5) is 0 Å². The van der Waals surface area contributed by atoms with Crippen molar-refractivity contribution in [1.82, 2.24) is 10.3 Å². The van der Waals surface area contributed by atoms with Gasteiger partial charge in [0, 0.05) is 21.6 Å². The second-order valence-electron chi connectivity index (χ2n) is 5.94. The zero-order valence-corrected chi connectivity index (χ0v) is 15.7. The van der Waals surface area contributed by atoms with Crippen LogP contribution < -0.4 is 15.9 Å². The minimum Gasteiger partial charge on any atom is -0.298 e. The number of nitrogens with zero attached hydrogens (tertiary/aromatic N) is 3. The molecule has 1 amide bonds. The Morgan fingerprint density at radius 3 is 2.77 bits per heavy atom. The number of benzene rings is 2. The van der Waals surface area contributed by atoms with E-state index in [-0.39, 0.29) is 5.91 Å². The fourth-order valence-corrected chi connectivity index (χ4v) is 3.92. The second kappa shape index (κ2) is 7.13. The van der Waals surface area contributed by atoms with Gasteiger partial charge < -0.3 is 0 Å². The van der Waals surface area contributed by atoms with Crippen LogP contribution in [0.25, 0.3) is 5.70 Å². The lowest BCUT2D eigenvalue weighted by Gasteiger charge is -2.34. The SMILES string of the molecule is CCCSC1=NN2C(=c3ccccc3=N[C@@H]2c2ccccc2Cl)C(=O)N1. The summed E-state index contributed by atoms with van der Waals surface area (Å²) in [7, 11) is 0. The maximum Gasteiger partial charge on any atom is 0.276 e. The summed E-state index contributed by atoms with van der Waals surface area (Å²) < 4.78 is 0. The van der Waals surface area contributed by atoms with Crippen LogP contribution in [0.1, 0.15) is 25.1 Å². The Hall–Kier alpha value is -2.31. The first-order chi connectivity index (χ1) is 12.7. The Balaban J connectivity index is 1.92. The summed E-state index contributed by atoms with van der Waals surface area (Å²) in [6.45, 7) is 2.09. The number of para-hydroxylation sites is 1. The van der Waals surface area contributed by atoms with Crippen molar-refractivity contribution >= 4 is 40.1 Å². The van der Waals surface area contributed by atoms with Crippen molar-refractivity contribution in [3.8, 4) is 0 Å². The second-order valence-corrected chi connectivity index (χ2v) is 7.43. The van der Waals surface area contributed by atoms with Crippen LogP contribution in [0, 0.1) is 0 Å². The van der Waals surface area contributed by atoms with E-state index in [4.69, 9.17) is 16.6 Å². The molecule has 1 N–H and O–H groups in total. The molecule has 0 radical (unpaired) electrons. The van der Waals surface area contributed by atoms with Gasteiger partial charge in [0.05, 0.1) is 5.36 Å². The summed E-state index contributed by atoms with van der Waals surface area (Å²) in [6, 6.07) is 15.1. The number of halogens is 1. The first-order valence-corrected chi connectivity index (χ1v) is 9.79. The molecule has 2 aliphatic rings. The summed E-state index contributed by atoms with van der Waals surface area (Å²) in [5.74, 6) is 0.713. The fourth-order valence-electron chi connectivity index (χ4n) is 2.98. The van der Waals surface area contributed by atoms with Crippen LogP contribution in [0.15, 0.2) is 58.6 Å². The fraction of sp³-hybridized carbons (Fsp3) is 0.211. The Morgan fingerprint density at radius 1 is 1.19 bits per heavy atom. The smallest absolute Gasteiger partial charge is 0.276 e. The van der Waals surface area contributed by atoms with Gasteiger partial charge in [-0.1, -0.05) is 66.7 Å². The molecular formula is C19H17ClN4OS. The zero-order chi connectivity index (χ0) is 18.1. The number of thioether (sulfide) groups is 1. The van der Waals surface area contributed by atoms with Gasteiger partial charge >= 0.3 is 0 Å². The molecule has 0 unspecified atom stereocenters. The lowest BCUT2D eigenvalue weighted by atomic mass is 10.1. The summed E-state index contributed by atoms with van der Waals surface area (Å²) in [6.07, 6.45) is 0.522. The molecule has 7 heteroatoms. The van der Waals surface area contributed by atoms with E-state index in [1.54, 1.807) is 5.01 Å². The molecule has 2 aromatic carbocycles. The highest BCUT2D eigenvalue weighted by Crippen LogP contribution is 2.34. The molecule has 2 aromatic rings. The molecule has 4 rings (SSSR count). The highest BCUT2D eigenvalue weighted by atomic mass is 35.5. The molecule has 26 heavy (non-hydrogen) atoms. The van der Waals surface area contributed by atoms with Gasteiger partial charge in [-0.3, -0.25) is 15.1 Å². The van der Waals surface area contributed by atoms with Crippen LogP contribution in [0.3, 0.4) is 0 Å². The quantitative estimate of drug-likeness (QED) is 0.885. The van der Waals surface area contributed by atoms with Crippen LogP contribution in [0.2, 0.25) is 5.02 Å². The third-order valence-corrected chi connectivity index (χ3v) is 5.56. The van der Waals surface area contributed by atoms with E-state index in [1.807, 2.05) is 48.5 Å². The average molecular weight is 385 g/mol. The molecule has 132 valence electrons. The first kappa shape index (κ1) is 17.1. The number of amidine groups is 1. The molecule has 0 saturated carbocycles. The molecule has 0 aliphatic carbocycles. The Bertz CT molecular complexity index is 1020. The number of carbonyl (C=O) groups is 1. The van der Waals surface area contributed by atoms with Gasteiger partial charge in [0.15, 0.2) is 11.3 Å². The number of amides is 1. The number of nitrogens with one attached hydrogen (secondary N) is 1. The number of hydrazone groups is 1. The topological polar surface area (TPSA) is 57.1 Å². The van der Waals surface area contributed by atoms with Gasteiger partial charge in [-0.2, -0.15) is 0 Å². The number of carbonyl (C=O) groups excluding carboxylic acids is 1. The summed E-state index contributed by atoms with van der Waals surface area (Å²) in [5, 5.41) is 12.0. The van der Waals surface area contributed by atoms with Gasteiger partial charge in [-0.25, -0.2) is 5.01 Å². The van der Waals surface area contributed by atoms with E-state index in [2.05, 4.69) is 17.3 Å². The van der Waals surface area contributed by atoms with Crippen molar-refractivity contribution in [2.75, 3.05) is 5.75 Å². The predicted molar refractivity (Wildman–Crippen MR) is 105 cm³/mol. The van der Waals surface area contributed by atoms with Crippen molar-refractivity contribution in [1.29, 1.82) is 0 Å². The molecule has 5 nitrogen and oxygen atoms in total. The number of rotatable bonds is 3. The lowest BCUT2D eigenvalue weighted by molar-refractivity contribution is -0.116. The van der Waals surface area contributed by atoms with Gasteiger partial charge in [-0.15, -0.1) is 5.10 Å². The first-order valence-electron chi connectivity index (χ1n) is 8.42. The molecule has 0 saturated heterocycles. The molecule has 0 fully saturated rings. The molecule has 2 heterocycles. The van der Waals surface area contributed by atoms with E-state index in [9.17, 15) is 4.79 Å². The molecule has 0 bridgehead atoms. The Morgan fingerprint density at radius 2 is 1.96 bits per heavy atom. The highest BCUT2D eigenvalue weighted by molar-refractivity contribution is 8.13. The van der Waals surface area contributed by atoms with Gasteiger partial charge in [0.2, 0.25) is 0 Å². The maximum atomic E-state index is 12.9. The van der Waals surface area contributed by atoms with Gasteiger partial charge in [0.25, 0.3) is 5.91 Å². The van der Waals surface area contributed by atoms with Crippen molar-refractivity contribution < 1.29 is 4.79 Å². The van der Waals surface area contributed by atoms with E-state index in [0.717, 1.165) is 28.3 Å². The average Bonchev–Trinajstić information content (AvgIpc) is 2.66. The third kappa shape index (κ3) is 2.99. The van der Waals surface area contributed by atoms with Crippen molar-refractivity contribution in [3.05, 3.63) is 69.7 Å². The van der Waals surface area contributed by atoms with Crippen molar-refractivity contribution in [2.24, 2.45) is 10.1 Å². The molecule has 2 aliphatic heterocycles. The van der Waals surface area contributed by atoms with Crippen molar-refractivity contribution in [3.63, 3.8) is 0 Å². The number of hydrogen-bond donors (Lipinski definition) is 1. The van der Waals surface area contributed by atoms with E-state index < -0.39 is 6.17 Å². The van der Waals surface area contributed by atoms with Crippen LogP contribution >= 0.6 is 23.4 Å². The normalized spacial score (nSPS) is 18.5.